The van der Waals surface area contributed by atoms with Gasteiger partial charge in [0.1, 0.15) is 17.0 Å². The monoisotopic (exact) mass is 495 g/mol. The zero-order valence-corrected chi connectivity index (χ0v) is 19.5. The fourth-order valence-corrected chi connectivity index (χ4v) is 5.02. The molecule has 2 aromatic carbocycles. The van der Waals surface area contributed by atoms with Crippen LogP contribution < -0.4 is 22.1 Å². The van der Waals surface area contributed by atoms with Crippen LogP contribution in [0.5, 0.6) is 0 Å². The summed E-state index contributed by atoms with van der Waals surface area (Å²) in [6, 6.07) is 12.8. The fourth-order valence-electron chi connectivity index (χ4n) is 3.99. The second kappa shape index (κ2) is 10.5. The molecule has 35 heavy (non-hydrogen) atoms. The van der Waals surface area contributed by atoms with Gasteiger partial charge in [-0.1, -0.05) is 30.3 Å². The third kappa shape index (κ3) is 5.54. The standard InChI is InChI=1S/C23H25N7O4S/c24-23(25)26-11-5-7-16-21(31)28-17(22(32)27-16)12-14-13-29(18-8-2-1-6-15(14)18)35-20-10-4-3-9-19(20)30(33)34/h1-4,6,8-10,13,16-17H,5,7,11-12H2,(H,27,32)(H,28,31)(H4,24,25,26)/t16-,17-/m0/s1. The van der Waals surface area contributed by atoms with Crippen molar-refractivity contribution in [2.45, 2.75) is 36.2 Å². The number of carbonyl (C=O) groups excluding carboxylic acids is 2. The molecule has 1 saturated heterocycles. The van der Waals surface area contributed by atoms with Gasteiger partial charge in [0.2, 0.25) is 11.8 Å². The predicted octanol–water partition coefficient (Wildman–Crippen LogP) is 1.68. The van der Waals surface area contributed by atoms with Crippen LogP contribution in [-0.2, 0) is 16.0 Å². The second-order valence-electron chi connectivity index (χ2n) is 8.09. The topological polar surface area (TPSA) is 171 Å². The number of guanidine groups is 1. The Balaban J connectivity index is 1.51. The molecule has 1 aliphatic heterocycles. The van der Waals surface area contributed by atoms with Gasteiger partial charge in [0, 0.05) is 30.6 Å². The number of fused-ring (bicyclic) bond motifs is 1. The first kappa shape index (κ1) is 24.1. The van der Waals surface area contributed by atoms with Crippen molar-refractivity contribution in [2.75, 3.05) is 6.54 Å². The Morgan fingerprint density at radius 2 is 1.74 bits per heavy atom. The van der Waals surface area contributed by atoms with Crippen molar-refractivity contribution in [3.63, 3.8) is 0 Å². The van der Waals surface area contributed by atoms with Crippen molar-refractivity contribution in [3.8, 4) is 0 Å². The van der Waals surface area contributed by atoms with Gasteiger partial charge in [0.05, 0.1) is 10.4 Å². The lowest BCUT2D eigenvalue weighted by molar-refractivity contribution is -0.387. The molecule has 1 fully saturated rings. The summed E-state index contributed by atoms with van der Waals surface area (Å²) in [7, 11) is 0. The van der Waals surface area contributed by atoms with Gasteiger partial charge < -0.3 is 22.1 Å². The Morgan fingerprint density at radius 1 is 1.06 bits per heavy atom. The van der Waals surface area contributed by atoms with Gasteiger partial charge in [0.25, 0.3) is 5.69 Å². The van der Waals surface area contributed by atoms with E-state index in [1.54, 1.807) is 18.2 Å². The molecule has 0 spiro atoms. The molecule has 3 aromatic rings. The lowest BCUT2D eigenvalue weighted by Gasteiger charge is -2.29. The van der Waals surface area contributed by atoms with E-state index < -0.39 is 17.0 Å². The number of nitrogens with one attached hydrogen (secondary N) is 2. The molecule has 2 amide bonds. The number of hydrogen-bond acceptors (Lipinski definition) is 6. The number of piperazine rings is 1. The van der Waals surface area contributed by atoms with E-state index in [1.165, 1.54) is 18.0 Å². The lowest BCUT2D eigenvalue weighted by atomic mass is 10.00. The molecule has 0 radical (unpaired) electrons. The van der Waals surface area contributed by atoms with E-state index in [2.05, 4.69) is 15.6 Å². The summed E-state index contributed by atoms with van der Waals surface area (Å²) in [6.45, 7) is 0.377. The molecule has 11 nitrogen and oxygen atoms in total. The van der Waals surface area contributed by atoms with Gasteiger partial charge in [-0.05, 0) is 42.5 Å². The Kier molecular flexibility index (Phi) is 7.20. The molecule has 2 heterocycles. The maximum Gasteiger partial charge on any atom is 0.284 e. The van der Waals surface area contributed by atoms with Crippen LogP contribution in [0, 0.1) is 10.1 Å². The van der Waals surface area contributed by atoms with Crippen LogP contribution in [0.4, 0.5) is 5.69 Å². The number of nitrogens with zero attached hydrogens (tertiary/aromatic N) is 3. The quantitative estimate of drug-likeness (QED) is 0.115. The summed E-state index contributed by atoms with van der Waals surface area (Å²) < 4.78 is 1.85. The van der Waals surface area contributed by atoms with Crippen molar-refractivity contribution in [1.29, 1.82) is 0 Å². The molecule has 182 valence electrons. The van der Waals surface area contributed by atoms with E-state index in [9.17, 15) is 19.7 Å². The van der Waals surface area contributed by atoms with Crippen LogP contribution >= 0.6 is 11.9 Å². The maximum absolute atomic E-state index is 12.8. The van der Waals surface area contributed by atoms with Crippen molar-refractivity contribution < 1.29 is 14.5 Å². The molecular formula is C23H25N7O4S. The van der Waals surface area contributed by atoms with Gasteiger partial charge in [0.15, 0.2) is 5.96 Å². The molecule has 12 heteroatoms. The zero-order chi connectivity index (χ0) is 24.9. The SMILES string of the molecule is NC(N)=NCCC[C@@H]1NC(=O)[C@H](Cc2cn(Sc3ccccc3[N+](=O)[O-])c3ccccc23)NC1=O. The summed E-state index contributed by atoms with van der Waals surface area (Å²) in [5.41, 5.74) is 12.3. The Morgan fingerprint density at radius 3 is 2.51 bits per heavy atom. The molecule has 0 bridgehead atoms. The Labute approximate surface area is 205 Å². The maximum atomic E-state index is 12.8. The largest absolute Gasteiger partial charge is 0.370 e. The van der Waals surface area contributed by atoms with E-state index in [-0.39, 0.29) is 29.9 Å². The number of rotatable bonds is 9. The summed E-state index contributed by atoms with van der Waals surface area (Å²) in [5.74, 6) is -0.529. The highest BCUT2D eigenvalue weighted by Gasteiger charge is 2.33. The first-order valence-electron chi connectivity index (χ1n) is 11.0. The van der Waals surface area contributed by atoms with Crippen molar-refractivity contribution in [3.05, 3.63) is 70.4 Å². The highest BCUT2D eigenvalue weighted by molar-refractivity contribution is 7.98. The van der Waals surface area contributed by atoms with Gasteiger partial charge in [-0.25, -0.2) is 0 Å². The molecule has 6 N–H and O–H groups in total. The first-order chi connectivity index (χ1) is 16.8. The number of benzene rings is 2. The van der Waals surface area contributed by atoms with Gasteiger partial charge >= 0.3 is 0 Å². The third-order valence-electron chi connectivity index (χ3n) is 5.65. The number of para-hydroxylation sites is 2. The average molecular weight is 496 g/mol. The van der Waals surface area contributed by atoms with Crippen LogP contribution in [0.1, 0.15) is 18.4 Å². The first-order valence-corrected chi connectivity index (χ1v) is 11.8. The van der Waals surface area contributed by atoms with Gasteiger partial charge in [-0.2, -0.15) is 0 Å². The molecule has 0 aliphatic carbocycles. The van der Waals surface area contributed by atoms with Gasteiger partial charge in [-0.3, -0.25) is 28.7 Å². The smallest absolute Gasteiger partial charge is 0.284 e. The fraction of sp³-hybridized carbons (Fsp3) is 0.261. The molecular weight excluding hydrogens is 470 g/mol. The number of carbonyl (C=O) groups is 2. The molecule has 4 rings (SSSR count). The molecule has 1 aromatic heterocycles. The number of nitrogens with two attached hydrogens (primary N) is 2. The van der Waals surface area contributed by atoms with E-state index in [0.29, 0.717) is 24.3 Å². The zero-order valence-electron chi connectivity index (χ0n) is 18.7. The molecule has 0 saturated carbocycles. The third-order valence-corrected chi connectivity index (χ3v) is 6.70. The number of hydrogen-bond donors (Lipinski definition) is 4. The van der Waals surface area contributed by atoms with Crippen LogP contribution in [0.25, 0.3) is 10.9 Å². The summed E-state index contributed by atoms with van der Waals surface area (Å²) >= 11 is 1.23. The van der Waals surface area contributed by atoms with E-state index in [0.717, 1.165) is 16.5 Å². The van der Waals surface area contributed by atoms with E-state index in [1.807, 2.05) is 34.4 Å². The minimum Gasteiger partial charge on any atom is -0.370 e. The minimum absolute atomic E-state index is 0.0126. The Bertz CT molecular complexity index is 1300. The molecule has 2 atom stereocenters. The summed E-state index contributed by atoms with van der Waals surface area (Å²) in [4.78, 5) is 40.8. The highest BCUT2D eigenvalue weighted by Crippen LogP contribution is 2.34. The van der Waals surface area contributed by atoms with Crippen LogP contribution in [-0.4, -0.2) is 45.3 Å². The number of aliphatic imine (C=N–C) groups is 1. The normalized spacial score (nSPS) is 17.6. The lowest BCUT2D eigenvalue weighted by Crippen LogP contribution is -2.62. The number of nitro groups is 1. The number of aromatic nitrogens is 1. The highest BCUT2D eigenvalue weighted by atomic mass is 32.2. The number of nitro benzene ring substituents is 1. The molecule has 0 unspecified atom stereocenters. The van der Waals surface area contributed by atoms with Gasteiger partial charge in [-0.15, -0.1) is 0 Å². The summed E-state index contributed by atoms with van der Waals surface area (Å²) in [6.07, 6.45) is 3.11. The van der Waals surface area contributed by atoms with E-state index >= 15 is 0 Å². The average Bonchev–Trinajstić information content (AvgIpc) is 3.17. The second-order valence-corrected chi connectivity index (χ2v) is 9.10. The Hall–Kier alpha value is -4.06. The van der Waals surface area contributed by atoms with Crippen molar-refractivity contribution in [1.82, 2.24) is 14.6 Å². The van der Waals surface area contributed by atoms with Crippen LogP contribution in [0.3, 0.4) is 0 Å². The van der Waals surface area contributed by atoms with E-state index in [4.69, 9.17) is 11.5 Å². The van der Waals surface area contributed by atoms with Crippen LogP contribution in [0.2, 0.25) is 0 Å². The molecule has 1 aliphatic rings. The van der Waals surface area contributed by atoms with Crippen molar-refractivity contribution >= 4 is 46.3 Å². The number of amides is 2. The minimum atomic E-state index is -0.730. The van der Waals surface area contributed by atoms with Crippen molar-refractivity contribution in [2.24, 2.45) is 16.5 Å². The van der Waals surface area contributed by atoms with Crippen LogP contribution in [0.15, 0.2) is 64.6 Å². The predicted molar refractivity (Wildman–Crippen MR) is 134 cm³/mol. The summed E-state index contributed by atoms with van der Waals surface area (Å²) in [5, 5.41) is 17.9.